The molecule has 0 aliphatic carbocycles. The zero-order valence-corrected chi connectivity index (χ0v) is 16.3. The van der Waals surface area contributed by atoms with Crippen molar-refractivity contribution in [1.82, 2.24) is 15.2 Å². The molecule has 1 aromatic heterocycles. The van der Waals surface area contributed by atoms with Gasteiger partial charge in [-0.05, 0) is 57.3 Å². The largest absolute Gasteiger partial charge is 0.481 e. The Kier molecular flexibility index (Phi) is 5.51. The second-order valence-corrected chi connectivity index (χ2v) is 6.77. The Bertz CT molecular complexity index is 851. The summed E-state index contributed by atoms with van der Waals surface area (Å²) in [5.74, 6) is 1.79. The van der Waals surface area contributed by atoms with Crippen molar-refractivity contribution in [3.63, 3.8) is 0 Å². The van der Waals surface area contributed by atoms with E-state index in [9.17, 15) is 4.79 Å². The average Bonchev–Trinajstić information content (AvgIpc) is 3.08. The van der Waals surface area contributed by atoms with Crippen LogP contribution in [0.3, 0.4) is 0 Å². The number of nitrogens with one attached hydrogen (secondary N) is 1. The first-order valence-corrected chi connectivity index (χ1v) is 8.75. The zero-order chi connectivity index (χ0) is 19.6. The van der Waals surface area contributed by atoms with E-state index in [1.807, 2.05) is 57.1 Å². The van der Waals surface area contributed by atoms with E-state index < -0.39 is 6.04 Å². The van der Waals surface area contributed by atoms with E-state index in [2.05, 4.69) is 10.3 Å². The van der Waals surface area contributed by atoms with Crippen molar-refractivity contribution in [2.45, 2.75) is 26.4 Å². The summed E-state index contributed by atoms with van der Waals surface area (Å²) >= 11 is 0. The Labute approximate surface area is 159 Å². The maximum absolute atomic E-state index is 13.0. The minimum absolute atomic E-state index is 0.110. The smallest absolute Gasteiger partial charge is 0.242 e. The van der Waals surface area contributed by atoms with Gasteiger partial charge in [0.1, 0.15) is 6.04 Å². The molecule has 2 heterocycles. The highest BCUT2D eigenvalue weighted by atomic mass is 16.7. The molecule has 0 bridgehead atoms. The van der Waals surface area contributed by atoms with Crippen LogP contribution in [0, 0.1) is 13.8 Å². The highest BCUT2D eigenvalue weighted by Gasteiger charge is 2.26. The van der Waals surface area contributed by atoms with Crippen molar-refractivity contribution in [3.05, 3.63) is 46.6 Å². The van der Waals surface area contributed by atoms with E-state index in [0.29, 0.717) is 23.9 Å². The lowest BCUT2D eigenvalue weighted by atomic mass is 10.0. The second-order valence-electron chi connectivity index (χ2n) is 6.77. The first-order valence-electron chi connectivity index (χ1n) is 8.75. The molecule has 0 fully saturated rings. The van der Waals surface area contributed by atoms with Crippen LogP contribution in [-0.4, -0.2) is 43.8 Å². The van der Waals surface area contributed by atoms with Crippen LogP contribution in [0.15, 0.2) is 24.3 Å². The van der Waals surface area contributed by atoms with Crippen molar-refractivity contribution >= 4 is 5.91 Å². The molecule has 7 nitrogen and oxygen atoms in total. The normalized spacial score (nSPS) is 13.6. The first kappa shape index (κ1) is 19.0. The molecule has 3 rings (SSSR count). The van der Waals surface area contributed by atoms with E-state index in [-0.39, 0.29) is 12.7 Å². The molecular weight excluding hydrogens is 346 g/mol. The number of hydrogen-bond donors (Lipinski definition) is 1. The Balaban J connectivity index is 1.79. The fourth-order valence-electron chi connectivity index (χ4n) is 3.25. The second kappa shape index (κ2) is 7.84. The van der Waals surface area contributed by atoms with E-state index >= 15 is 0 Å². The number of methoxy groups -OCH3 is 1. The van der Waals surface area contributed by atoms with Gasteiger partial charge in [-0.1, -0.05) is 6.07 Å². The number of hydrogen-bond acceptors (Lipinski definition) is 6. The molecule has 1 atom stereocenters. The quantitative estimate of drug-likeness (QED) is 0.840. The van der Waals surface area contributed by atoms with Crippen LogP contribution in [0.4, 0.5) is 0 Å². The number of benzene rings is 1. The molecule has 1 aliphatic heterocycles. The molecule has 1 aliphatic rings. The summed E-state index contributed by atoms with van der Waals surface area (Å²) < 4.78 is 16.2. The Morgan fingerprint density at radius 2 is 2.00 bits per heavy atom. The van der Waals surface area contributed by atoms with Gasteiger partial charge in [-0.3, -0.25) is 9.69 Å². The van der Waals surface area contributed by atoms with Crippen molar-refractivity contribution in [2.75, 3.05) is 28.0 Å². The van der Waals surface area contributed by atoms with E-state index in [4.69, 9.17) is 14.2 Å². The highest BCUT2D eigenvalue weighted by molar-refractivity contribution is 5.83. The summed E-state index contributed by atoms with van der Waals surface area (Å²) in [6.07, 6.45) is 0. The van der Waals surface area contributed by atoms with Gasteiger partial charge in [0, 0.05) is 17.8 Å². The number of pyridine rings is 1. The van der Waals surface area contributed by atoms with Crippen molar-refractivity contribution in [3.8, 4) is 17.4 Å². The number of fused-ring (bicyclic) bond motifs is 1. The predicted octanol–water partition coefficient (Wildman–Crippen LogP) is 2.35. The molecule has 7 heteroatoms. The molecular formula is C20H25N3O4. The molecule has 1 N–H and O–H groups in total. The zero-order valence-electron chi connectivity index (χ0n) is 16.3. The SMILES string of the molecule is COc1nc(C)cc(C)c1CNC(=O)C(c1ccc2c(c1)OCO2)N(C)C. The van der Waals surface area contributed by atoms with Gasteiger partial charge < -0.3 is 19.5 Å². The monoisotopic (exact) mass is 371 g/mol. The van der Waals surface area contributed by atoms with Gasteiger partial charge in [0.25, 0.3) is 0 Å². The van der Waals surface area contributed by atoms with Gasteiger partial charge >= 0.3 is 0 Å². The summed E-state index contributed by atoms with van der Waals surface area (Å²) in [5.41, 5.74) is 3.63. The lowest BCUT2D eigenvalue weighted by molar-refractivity contribution is -0.125. The van der Waals surface area contributed by atoms with Crippen LogP contribution in [0.5, 0.6) is 17.4 Å². The number of aryl methyl sites for hydroxylation is 2. The van der Waals surface area contributed by atoms with Gasteiger partial charge in [0.2, 0.25) is 18.6 Å². The van der Waals surface area contributed by atoms with Crippen LogP contribution >= 0.6 is 0 Å². The average molecular weight is 371 g/mol. The summed E-state index contributed by atoms with van der Waals surface area (Å²) in [4.78, 5) is 19.2. The number of carbonyl (C=O) groups is 1. The highest BCUT2D eigenvalue weighted by Crippen LogP contribution is 2.35. The van der Waals surface area contributed by atoms with Crippen molar-refractivity contribution in [1.29, 1.82) is 0 Å². The summed E-state index contributed by atoms with van der Waals surface area (Å²) in [5, 5.41) is 3.01. The number of amides is 1. The molecule has 27 heavy (non-hydrogen) atoms. The van der Waals surface area contributed by atoms with Gasteiger partial charge in [-0.2, -0.15) is 0 Å². The number of aromatic nitrogens is 1. The number of ether oxygens (including phenoxy) is 3. The Morgan fingerprint density at radius 1 is 1.26 bits per heavy atom. The standard InChI is InChI=1S/C20H25N3O4/c1-12-8-13(2)22-20(25-5)15(12)10-21-19(24)18(23(3)4)14-6-7-16-17(9-14)27-11-26-16/h6-9,18H,10-11H2,1-5H3,(H,21,24). The number of likely N-dealkylation sites (N-methyl/N-ethyl adjacent to an activating group) is 1. The summed E-state index contributed by atoms with van der Waals surface area (Å²) in [6, 6.07) is 7.09. The number of nitrogens with zero attached hydrogens (tertiary/aromatic N) is 2. The topological polar surface area (TPSA) is 72.9 Å². The third kappa shape index (κ3) is 3.98. The lowest BCUT2D eigenvalue weighted by Crippen LogP contribution is -2.37. The molecule has 0 saturated carbocycles. The van der Waals surface area contributed by atoms with E-state index in [0.717, 1.165) is 22.4 Å². The molecule has 0 spiro atoms. The molecule has 0 radical (unpaired) electrons. The fraction of sp³-hybridized carbons (Fsp3) is 0.400. The van der Waals surface area contributed by atoms with Crippen LogP contribution in [0.2, 0.25) is 0 Å². The van der Waals surface area contributed by atoms with Gasteiger partial charge in [0.05, 0.1) is 7.11 Å². The maximum atomic E-state index is 13.0. The summed E-state index contributed by atoms with van der Waals surface area (Å²) in [7, 11) is 5.32. The van der Waals surface area contributed by atoms with Crippen LogP contribution in [0.25, 0.3) is 0 Å². The molecule has 1 aromatic carbocycles. The lowest BCUT2D eigenvalue weighted by Gasteiger charge is -2.24. The van der Waals surface area contributed by atoms with E-state index in [1.54, 1.807) is 7.11 Å². The van der Waals surface area contributed by atoms with Gasteiger partial charge in [0.15, 0.2) is 11.5 Å². The van der Waals surface area contributed by atoms with Crippen LogP contribution in [-0.2, 0) is 11.3 Å². The molecule has 1 amide bonds. The molecule has 144 valence electrons. The predicted molar refractivity (Wildman–Crippen MR) is 101 cm³/mol. The number of rotatable bonds is 6. The first-order chi connectivity index (χ1) is 12.9. The minimum atomic E-state index is -0.454. The third-order valence-electron chi connectivity index (χ3n) is 4.55. The van der Waals surface area contributed by atoms with Crippen molar-refractivity contribution in [2.24, 2.45) is 0 Å². The summed E-state index contributed by atoms with van der Waals surface area (Å²) in [6.45, 7) is 4.45. The molecule has 1 unspecified atom stereocenters. The minimum Gasteiger partial charge on any atom is -0.481 e. The number of carbonyl (C=O) groups excluding carboxylic acids is 1. The van der Waals surface area contributed by atoms with Gasteiger partial charge in [-0.25, -0.2) is 4.98 Å². The maximum Gasteiger partial charge on any atom is 0.242 e. The van der Waals surface area contributed by atoms with Crippen LogP contribution in [0.1, 0.15) is 28.4 Å². The Morgan fingerprint density at radius 3 is 2.70 bits per heavy atom. The Hall–Kier alpha value is -2.80. The fourth-order valence-corrected chi connectivity index (χ4v) is 3.25. The molecule has 0 saturated heterocycles. The third-order valence-corrected chi connectivity index (χ3v) is 4.55. The van der Waals surface area contributed by atoms with Crippen LogP contribution < -0.4 is 19.5 Å². The van der Waals surface area contributed by atoms with E-state index in [1.165, 1.54) is 0 Å². The molecule has 2 aromatic rings. The van der Waals surface area contributed by atoms with Gasteiger partial charge in [-0.15, -0.1) is 0 Å². The van der Waals surface area contributed by atoms with Crippen molar-refractivity contribution < 1.29 is 19.0 Å².